The first-order valence-corrected chi connectivity index (χ1v) is 19.4. The zero-order valence-corrected chi connectivity index (χ0v) is 33.9. The summed E-state index contributed by atoms with van der Waals surface area (Å²) in [4.78, 5) is 68.9. The number of hydrogen-bond donors (Lipinski definition) is 5. The first-order valence-electron chi connectivity index (χ1n) is 19.4. The standard InChI is InChI=1S/C43H53NO14/c1-22-26(55-36(51)33(48)31(24-15-11-9-12-16-24)44-38(52)58-39(3,4)5)19-27-40(6,7)30(22)32(47)34(49)41(8)28(46)20-29-42(21-54-29,56-23(2)45)37(41)43(27,53)57-35(50)25-17-13-10-14-18-25/h9-18,26-29,31-33,37,46-48,53H,19-21H2,1-8H3,(H,44,52). The molecule has 0 spiro atoms. The lowest BCUT2D eigenvalue weighted by atomic mass is 9.44. The quantitative estimate of drug-likeness (QED) is 0.112. The van der Waals surface area contributed by atoms with Crippen molar-refractivity contribution in [1.29, 1.82) is 0 Å². The van der Waals surface area contributed by atoms with Gasteiger partial charge in [0, 0.05) is 19.3 Å². The van der Waals surface area contributed by atoms with E-state index in [0.29, 0.717) is 5.56 Å². The Morgan fingerprint density at radius 3 is 2.09 bits per heavy atom. The molecule has 58 heavy (non-hydrogen) atoms. The van der Waals surface area contributed by atoms with Gasteiger partial charge in [0.25, 0.3) is 0 Å². The van der Waals surface area contributed by atoms with Crippen LogP contribution in [0.1, 0.15) is 90.2 Å². The molecule has 11 atom stereocenters. The zero-order valence-electron chi connectivity index (χ0n) is 33.9. The third kappa shape index (κ3) is 7.21. The summed E-state index contributed by atoms with van der Waals surface area (Å²) in [7, 11) is 0. The lowest BCUT2D eigenvalue weighted by molar-refractivity contribution is -0.388. The summed E-state index contributed by atoms with van der Waals surface area (Å²) in [5, 5.41) is 51.6. The number of aliphatic hydroxyl groups is 4. The van der Waals surface area contributed by atoms with Crippen LogP contribution in [0.15, 0.2) is 71.8 Å². The smallest absolute Gasteiger partial charge is 0.408 e. The number of benzene rings is 2. The molecule has 1 heterocycles. The molecule has 2 aromatic rings. The highest BCUT2D eigenvalue weighted by atomic mass is 16.7. The molecule has 6 rings (SSSR count). The number of Topliss-reactive ketones (excluding diaryl/α,β-unsaturated/α-hetero) is 1. The number of hydrogen-bond acceptors (Lipinski definition) is 14. The van der Waals surface area contributed by atoms with Gasteiger partial charge in [-0.15, -0.1) is 0 Å². The maximum atomic E-state index is 15.0. The molecule has 3 fully saturated rings. The van der Waals surface area contributed by atoms with Crippen molar-refractivity contribution in [3.63, 3.8) is 0 Å². The fourth-order valence-corrected chi connectivity index (χ4v) is 9.83. The lowest BCUT2D eigenvalue weighted by Gasteiger charge is -2.67. The van der Waals surface area contributed by atoms with Crippen LogP contribution in [0.25, 0.3) is 0 Å². The van der Waals surface area contributed by atoms with Crippen LogP contribution >= 0.6 is 0 Å². The Hall–Kier alpha value is -4.67. The summed E-state index contributed by atoms with van der Waals surface area (Å²) in [6.45, 7) is 11.9. The molecule has 1 amide bonds. The average Bonchev–Trinajstić information content (AvgIpc) is 3.14. The second kappa shape index (κ2) is 15.2. The fraction of sp³-hybridized carbons (Fsp3) is 0.558. The predicted octanol–water partition coefficient (Wildman–Crippen LogP) is 3.46. The molecular weight excluding hydrogens is 754 g/mol. The number of aliphatic hydroxyl groups excluding tert-OH is 3. The first kappa shape index (κ1) is 42.9. The normalized spacial score (nSPS) is 33.7. The molecule has 15 heteroatoms. The van der Waals surface area contributed by atoms with Gasteiger partial charge in [0.1, 0.15) is 23.9 Å². The number of amides is 1. The summed E-state index contributed by atoms with van der Waals surface area (Å²) >= 11 is 0. The minimum atomic E-state index is -2.81. The zero-order chi connectivity index (χ0) is 42.7. The summed E-state index contributed by atoms with van der Waals surface area (Å²) in [5.41, 5.74) is -5.66. The highest BCUT2D eigenvalue weighted by molar-refractivity contribution is 5.94. The number of nitrogens with one attached hydrogen (secondary N) is 1. The molecule has 11 unspecified atom stereocenters. The molecule has 0 aromatic heterocycles. The maximum absolute atomic E-state index is 15.0. The predicted molar refractivity (Wildman–Crippen MR) is 203 cm³/mol. The number of esters is 3. The van der Waals surface area contributed by atoms with Crippen LogP contribution in [0, 0.1) is 22.7 Å². The van der Waals surface area contributed by atoms with Crippen molar-refractivity contribution in [2.45, 2.75) is 122 Å². The molecule has 3 aliphatic carbocycles. The lowest BCUT2D eigenvalue weighted by Crippen LogP contribution is -2.82. The van der Waals surface area contributed by atoms with E-state index in [-0.39, 0.29) is 36.2 Å². The molecule has 1 saturated heterocycles. The topological polar surface area (TPSA) is 224 Å². The van der Waals surface area contributed by atoms with E-state index in [2.05, 4.69) is 5.32 Å². The number of carbonyl (C=O) groups excluding carboxylic acids is 5. The SMILES string of the molecule is CC(=O)OC12COC1CC(O)C1(C)C(=O)C(O)C3=C(C)C(OC(=O)C(O)C(NC(=O)OC(C)(C)C)c4ccccc4)CC(C3(C)C)C(O)(OC(=O)c3ccccc3)C21. The van der Waals surface area contributed by atoms with Gasteiger partial charge in [-0.25, -0.2) is 14.4 Å². The first-order chi connectivity index (χ1) is 27.0. The molecule has 1 aliphatic heterocycles. The molecular formula is C43H53NO14. The molecule has 2 bridgehead atoms. The number of ether oxygens (including phenoxy) is 5. The molecule has 15 nitrogen and oxygen atoms in total. The van der Waals surface area contributed by atoms with Crippen molar-refractivity contribution in [1.82, 2.24) is 5.32 Å². The largest absolute Gasteiger partial charge is 0.456 e. The third-order valence-corrected chi connectivity index (χ3v) is 12.4. The molecule has 2 aromatic carbocycles. The van der Waals surface area contributed by atoms with E-state index in [1.165, 1.54) is 26.0 Å². The monoisotopic (exact) mass is 807 g/mol. The third-order valence-electron chi connectivity index (χ3n) is 12.4. The van der Waals surface area contributed by atoms with Crippen LogP contribution in [-0.4, -0.2) is 104 Å². The Balaban J connectivity index is 1.48. The Kier molecular flexibility index (Phi) is 11.2. The summed E-state index contributed by atoms with van der Waals surface area (Å²) in [6.07, 6.45) is -9.44. The van der Waals surface area contributed by atoms with Crippen LogP contribution in [0.2, 0.25) is 0 Å². The number of fused-ring (bicyclic) bond motifs is 5. The van der Waals surface area contributed by atoms with Gasteiger partial charge in [-0.05, 0) is 75.3 Å². The Morgan fingerprint density at radius 2 is 1.53 bits per heavy atom. The Labute approximate surface area is 336 Å². The van der Waals surface area contributed by atoms with Crippen molar-refractivity contribution in [2.24, 2.45) is 22.7 Å². The van der Waals surface area contributed by atoms with E-state index < -0.39 is 106 Å². The van der Waals surface area contributed by atoms with E-state index >= 15 is 0 Å². The Bertz CT molecular complexity index is 1980. The van der Waals surface area contributed by atoms with Gasteiger partial charge in [0.05, 0.1) is 35.6 Å². The molecule has 4 aliphatic rings. The maximum Gasteiger partial charge on any atom is 0.408 e. The van der Waals surface area contributed by atoms with Gasteiger partial charge < -0.3 is 49.4 Å². The highest BCUT2D eigenvalue weighted by Crippen LogP contribution is 2.65. The van der Waals surface area contributed by atoms with Gasteiger partial charge in [-0.3, -0.25) is 9.59 Å². The number of ketones is 1. The average molecular weight is 808 g/mol. The molecule has 314 valence electrons. The minimum Gasteiger partial charge on any atom is -0.456 e. The fourth-order valence-electron chi connectivity index (χ4n) is 9.83. The van der Waals surface area contributed by atoms with Crippen molar-refractivity contribution in [2.75, 3.05) is 6.61 Å². The van der Waals surface area contributed by atoms with E-state index in [4.69, 9.17) is 23.7 Å². The Morgan fingerprint density at radius 1 is 0.931 bits per heavy atom. The number of carbonyl (C=O) groups is 5. The van der Waals surface area contributed by atoms with Gasteiger partial charge >= 0.3 is 24.0 Å². The number of alkyl carbamates (subject to hydrolysis) is 1. The second-order valence-corrected chi connectivity index (χ2v) is 17.6. The van der Waals surface area contributed by atoms with Crippen LogP contribution < -0.4 is 5.32 Å². The van der Waals surface area contributed by atoms with Crippen molar-refractivity contribution in [3.8, 4) is 0 Å². The molecule has 2 saturated carbocycles. The summed E-state index contributed by atoms with van der Waals surface area (Å²) < 4.78 is 29.4. The van der Waals surface area contributed by atoms with E-state index in [0.717, 1.165) is 6.92 Å². The summed E-state index contributed by atoms with van der Waals surface area (Å²) in [5.74, 6) is -9.88. The van der Waals surface area contributed by atoms with Gasteiger partial charge in [-0.2, -0.15) is 0 Å². The highest BCUT2D eigenvalue weighted by Gasteiger charge is 2.79. The second-order valence-electron chi connectivity index (χ2n) is 17.6. The van der Waals surface area contributed by atoms with Gasteiger partial charge in [0.15, 0.2) is 17.5 Å². The van der Waals surface area contributed by atoms with Crippen LogP contribution in [0.5, 0.6) is 0 Å². The van der Waals surface area contributed by atoms with Crippen molar-refractivity contribution < 1.29 is 68.1 Å². The van der Waals surface area contributed by atoms with Gasteiger partial charge in [0.2, 0.25) is 5.79 Å². The number of rotatable bonds is 8. The van der Waals surface area contributed by atoms with Crippen LogP contribution in [-0.2, 0) is 38.1 Å². The van der Waals surface area contributed by atoms with Gasteiger partial charge in [-0.1, -0.05) is 62.4 Å². The van der Waals surface area contributed by atoms with E-state index in [1.807, 2.05) is 0 Å². The molecule has 0 radical (unpaired) electrons. The molecule has 5 N–H and O–H groups in total. The minimum absolute atomic E-state index is 0.0291. The van der Waals surface area contributed by atoms with E-state index in [9.17, 15) is 44.4 Å². The van der Waals surface area contributed by atoms with E-state index in [1.54, 1.807) is 83.1 Å². The summed E-state index contributed by atoms with van der Waals surface area (Å²) in [6, 6.07) is 14.6. The van der Waals surface area contributed by atoms with Crippen molar-refractivity contribution in [3.05, 3.63) is 82.9 Å². The van der Waals surface area contributed by atoms with Crippen molar-refractivity contribution >= 4 is 29.8 Å². The van der Waals surface area contributed by atoms with Crippen LogP contribution in [0.4, 0.5) is 4.79 Å². The van der Waals surface area contributed by atoms with Crippen LogP contribution in [0.3, 0.4) is 0 Å².